The zero-order valence-corrected chi connectivity index (χ0v) is 82.5. The lowest BCUT2D eigenvalue weighted by Crippen LogP contribution is -2.46. The molecule has 4 atom stereocenters. The maximum Gasteiger partial charge on any atom is 0.425 e. The molecular weight excluding hydrogens is 2030 g/mol. The van der Waals surface area contributed by atoms with Crippen molar-refractivity contribution in [1.82, 2.24) is 41.5 Å². The van der Waals surface area contributed by atoms with Crippen LogP contribution in [0.15, 0.2) is 246 Å². The Bertz CT molecular complexity index is 8150. The molecule has 0 saturated carbocycles. The van der Waals surface area contributed by atoms with Gasteiger partial charge in [0, 0.05) is 168 Å². The van der Waals surface area contributed by atoms with Crippen LogP contribution in [-0.2, 0) is 74.0 Å². The number of rotatable bonds is 21. The summed E-state index contributed by atoms with van der Waals surface area (Å²) < 4.78 is 301. The van der Waals surface area contributed by atoms with Crippen LogP contribution in [0.4, 0.5) is 74.8 Å². The zero-order chi connectivity index (χ0) is 107. The van der Waals surface area contributed by atoms with E-state index in [0.717, 1.165) is 121 Å². The molecule has 8 aromatic carbocycles. The lowest BCUT2D eigenvalue weighted by molar-refractivity contribution is 0.170. The lowest BCUT2D eigenvalue weighted by atomic mass is 9.86. The molecule has 15 aromatic rings. The van der Waals surface area contributed by atoms with Gasteiger partial charge in [-0.25, -0.2) is 57.5 Å². The van der Waals surface area contributed by atoms with E-state index in [1.165, 1.54) is 171 Å². The summed E-state index contributed by atoms with van der Waals surface area (Å²) >= 11 is 0. The molecule has 46 heteroatoms. The van der Waals surface area contributed by atoms with Crippen LogP contribution >= 0.6 is 0 Å². The molecule has 3 aliphatic heterocycles. The number of pyridine rings is 4. The number of cyclic esters (lactones) is 1. The van der Waals surface area contributed by atoms with Gasteiger partial charge in [-0.1, -0.05) is 48.4 Å². The monoisotopic (exact) mass is 2120 g/mol. The van der Waals surface area contributed by atoms with Crippen molar-refractivity contribution in [2.45, 2.75) is 104 Å². The number of furan rings is 1. The SMILES string of the molecule is COc1cc(-c2cc(F)cc(F)c2)c(F)cc1-n1c2c(ccc1=O)C(C)CCC2.COc1cc(-c2cc(F)cc(F)c2)c(F)cc1-n1c2c(ccc1=O)C(C)N(S(=O)(=O)Nc1ccon1)CC2.COc1cc(-c2cc(F)cc(F)c2)c(F)cc1-n1c2c(ccc1=O)CCC(C)C2.COc1cc(-c2cc(F)cc(F)c2)c(F)cc1-n1c2c(ccc1=O)CN(S(=O)(=O)Nc1ccon1)C(C)C2.O=C1OCCN1S(=O)(=O)Nc1ccoc1. The summed E-state index contributed by atoms with van der Waals surface area (Å²) in [5.41, 5.74) is 5.00. The highest BCUT2D eigenvalue weighted by molar-refractivity contribution is 7.91. The molecule has 778 valence electrons. The number of carbonyl (C=O) groups excluding carboxylic acids is 1. The number of ether oxygens (including phenoxy) is 5. The molecule has 7 aromatic heterocycles. The predicted molar refractivity (Wildman–Crippen MR) is 523 cm³/mol. The number of carbonyl (C=O) groups is 1. The van der Waals surface area contributed by atoms with Gasteiger partial charge in [-0.05, 0) is 182 Å². The van der Waals surface area contributed by atoms with Crippen LogP contribution < -0.4 is 55.4 Å². The van der Waals surface area contributed by atoms with Gasteiger partial charge in [0.25, 0.3) is 22.2 Å². The zero-order valence-electron chi connectivity index (χ0n) is 80.0. The first-order chi connectivity index (χ1) is 71.0. The van der Waals surface area contributed by atoms with Crippen LogP contribution in [0.5, 0.6) is 23.0 Å². The molecule has 20 rings (SSSR count). The quantitative estimate of drug-likeness (QED) is 0.0562. The van der Waals surface area contributed by atoms with Crippen LogP contribution in [0.2, 0.25) is 0 Å². The number of benzene rings is 8. The van der Waals surface area contributed by atoms with Crippen LogP contribution in [0.25, 0.3) is 67.3 Å². The third kappa shape index (κ3) is 22.9. The number of hydrogen-bond acceptors (Lipinski definition) is 21. The molecule has 0 bridgehead atoms. The van der Waals surface area contributed by atoms with Gasteiger partial charge in [0.1, 0.15) is 118 Å². The van der Waals surface area contributed by atoms with Crippen molar-refractivity contribution in [2.75, 3.05) is 62.3 Å². The van der Waals surface area contributed by atoms with Gasteiger partial charge in [-0.15, -0.1) is 0 Å². The minimum absolute atomic E-state index is 0.00443. The fourth-order valence-corrected chi connectivity index (χ4v) is 22.2. The third-order valence-corrected chi connectivity index (χ3v) is 29.9. The largest absolute Gasteiger partial charge is 0.495 e. The molecule has 10 heterocycles. The topological polar surface area (TPSA) is 365 Å². The molecule has 1 amide bonds. The summed E-state index contributed by atoms with van der Waals surface area (Å²) in [6.07, 6.45) is 9.62. The molecule has 2 aliphatic carbocycles. The Kier molecular flexibility index (Phi) is 31.3. The Morgan fingerprint density at radius 3 is 1.14 bits per heavy atom. The second-order valence-electron chi connectivity index (χ2n) is 35.0. The van der Waals surface area contributed by atoms with E-state index >= 15 is 17.6 Å². The third-order valence-electron chi connectivity index (χ3n) is 25.3. The Hall–Kier alpha value is -15.9. The summed E-state index contributed by atoms with van der Waals surface area (Å²) in [6, 6.07) is 35.8. The lowest BCUT2D eigenvalue weighted by Gasteiger charge is -2.35. The highest BCUT2D eigenvalue weighted by atomic mass is 32.2. The van der Waals surface area contributed by atoms with Crippen molar-refractivity contribution >= 4 is 54.0 Å². The Balaban J connectivity index is 0.000000136. The number of halogens is 12. The van der Waals surface area contributed by atoms with Gasteiger partial charge in [-0.3, -0.25) is 51.6 Å². The number of nitrogens with zero attached hydrogens (tertiary/aromatic N) is 9. The molecule has 5 aliphatic rings. The van der Waals surface area contributed by atoms with Crippen molar-refractivity contribution in [1.29, 1.82) is 0 Å². The summed E-state index contributed by atoms with van der Waals surface area (Å²) in [7, 11) is -6.46. The van der Waals surface area contributed by atoms with E-state index in [1.54, 1.807) is 13.8 Å². The normalized spacial score (nSPS) is 15.9. The number of amides is 1. The second kappa shape index (κ2) is 44.0. The molecule has 149 heavy (non-hydrogen) atoms. The first-order valence-electron chi connectivity index (χ1n) is 45.8. The maximum atomic E-state index is 15.3. The molecule has 1 saturated heterocycles. The highest BCUT2D eigenvalue weighted by Gasteiger charge is 2.40. The molecule has 4 unspecified atom stereocenters. The van der Waals surface area contributed by atoms with Crippen LogP contribution in [0.3, 0.4) is 0 Å². The van der Waals surface area contributed by atoms with Gasteiger partial charge >= 0.3 is 36.7 Å². The standard InChI is InChI=1S/2C25H21F3N4O5S.2C23H20F3NO2.C7H8N2O5S/c1-14-18-3-4-25(33)32(21(18)5-7-31(14)38(34,35)30-24-6-8-37-29-24)22-13-20(28)19(12-23(22)36-2)15-9-16(26)11-17(27)10-15;1-14-7-21-15(13-31(14)38(34,35)30-24-5-6-37-29-24)3-4-25(33)32(21)22-12-20(28)19(11-23(22)36-2)16-8-17(26)10-18(27)9-16;1-13-3-4-14-5-6-23(28)27(20(14)7-13)21-12-19(26)18(11-22(21)29-2)15-8-16(24)10-17(25)9-15;1-13-4-3-5-20-17(13)6-7-23(28)27(20)21-12-19(26)18(11-22(21)29-2)14-8-15(24)10-16(25)9-14;10-7-9(2-4-14-7)15(11,12)8-6-1-3-13-5-6/h3-4,6,8-14H,5,7H2,1-2H3,(H,29,30);3-6,8-12,14H,7,13H2,1-2H3,(H,29,30);5-6,8-13H,3-4,7H2,1-2H3;6-13H,3-5H2,1-2H3;1,3,5,8H,2,4H2. The molecule has 31 nitrogen and oxygen atoms in total. The van der Waals surface area contributed by atoms with Gasteiger partial charge in [-0.2, -0.15) is 38.2 Å². The van der Waals surface area contributed by atoms with Gasteiger partial charge in [0.2, 0.25) is 0 Å². The number of hydrogen-bond donors (Lipinski definition) is 3. The average Bonchev–Trinajstić information content (AvgIpc) is 1.27. The smallest absolute Gasteiger partial charge is 0.425 e. The fourth-order valence-electron chi connectivity index (χ4n) is 18.4. The number of fused-ring (bicyclic) bond motifs is 4. The van der Waals surface area contributed by atoms with Gasteiger partial charge < -0.3 is 37.1 Å². The molecule has 3 N–H and O–H groups in total. The van der Waals surface area contributed by atoms with Crippen molar-refractivity contribution in [3.63, 3.8) is 0 Å². The molecule has 0 radical (unpaired) electrons. The van der Waals surface area contributed by atoms with E-state index in [4.69, 9.17) is 18.9 Å². The average molecular weight is 2120 g/mol. The minimum atomic E-state index is -4.02. The highest BCUT2D eigenvalue weighted by Crippen LogP contribution is 2.44. The van der Waals surface area contributed by atoms with Crippen molar-refractivity contribution in [3.8, 4) is 90.3 Å². The Labute approximate surface area is 842 Å². The number of nitrogens with one attached hydrogen (secondary N) is 3. The fraction of sp³-hybridized carbons (Fsp3) is 0.233. The van der Waals surface area contributed by atoms with E-state index in [1.807, 2.05) is 12.1 Å². The van der Waals surface area contributed by atoms with Crippen molar-refractivity contribution in [2.24, 2.45) is 5.92 Å². The minimum Gasteiger partial charge on any atom is -0.495 e. The molecular formula is C103H90F12N12O19S3. The number of anilines is 3. The van der Waals surface area contributed by atoms with Crippen molar-refractivity contribution < 1.29 is 120 Å². The first kappa shape index (κ1) is 106. The Morgan fingerprint density at radius 1 is 0.376 bits per heavy atom. The summed E-state index contributed by atoms with van der Waals surface area (Å²) in [5, 5.41) is 7.14. The van der Waals surface area contributed by atoms with Crippen LogP contribution in [-0.4, -0.2) is 127 Å². The van der Waals surface area contributed by atoms with E-state index in [2.05, 4.69) is 56.5 Å². The summed E-state index contributed by atoms with van der Waals surface area (Å²) in [5.74, 6) is -8.35. The van der Waals surface area contributed by atoms with Gasteiger partial charge in [0.05, 0.1) is 75.7 Å². The molecule has 0 spiro atoms. The maximum absolute atomic E-state index is 15.3. The van der Waals surface area contributed by atoms with Crippen LogP contribution in [0.1, 0.15) is 104 Å². The predicted octanol–water partition coefficient (Wildman–Crippen LogP) is 19.0. The van der Waals surface area contributed by atoms with Crippen molar-refractivity contribution in [3.05, 3.63) is 369 Å². The van der Waals surface area contributed by atoms with E-state index in [-0.39, 0.29) is 158 Å². The molecule has 1 fully saturated rings. The number of aromatic nitrogens is 6. The second-order valence-corrected chi connectivity index (χ2v) is 39.8. The Morgan fingerprint density at radius 2 is 0.758 bits per heavy atom. The number of aryl methyl sites for hydroxylation is 1. The van der Waals surface area contributed by atoms with Crippen LogP contribution in [0, 0.1) is 75.7 Å². The van der Waals surface area contributed by atoms with E-state index in [0.29, 0.717) is 63.6 Å². The summed E-state index contributed by atoms with van der Waals surface area (Å²) in [4.78, 5) is 62.5. The van der Waals surface area contributed by atoms with Gasteiger partial charge in [0.15, 0.2) is 11.6 Å². The van der Waals surface area contributed by atoms with E-state index in [9.17, 15) is 84.3 Å². The summed E-state index contributed by atoms with van der Waals surface area (Å²) in [6.45, 7) is 7.58. The van der Waals surface area contributed by atoms with E-state index < -0.39 is 130 Å². The number of methoxy groups -OCH3 is 4. The first-order valence-corrected chi connectivity index (χ1v) is 50.1.